The molecule has 1 aliphatic heterocycles. The van der Waals surface area contributed by atoms with Crippen LogP contribution in [0.5, 0.6) is 0 Å². The Morgan fingerprint density at radius 3 is 2.45 bits per heavy atom. The molecule has 4 fully saturated rings. The Morgan fingerprint density at radius 1 is 0.970 bits per heavy atom. The molecule has 0 aromatic heterocycles. The average molecular weight is 459 g/mol. The smallest absolute Gasteiger partial charge is 0.0691 e. The van der Waals surface area contributed by atoms with Crippen LogP contribution in [0.4, 0.5) is 0 Å². The zero-order valence-electron chi connectivity index (χ0n) is 21.9. The van der Waals surface area contributed by atoms with Crippen molar-refractivity contribution in [3.8, 4) is 0 Å². The highest BCUT2D eigenvalue weighted by atomic mass is 16.5. The summed E-state index contributed by atoms with van der Waals surface area (Å²) in [6, 6.07) is 0. The van der Waals surface area contributed by atoms with E-state index in [4.69, 9.17) is 4.74 Å². The fraction of sp³-hybridized carbons (Fsp3) is 0.933. The minimum Gasteiger partial charge on any atom is -0.390 e. The topological polar surface area (TPSA) is 49.7 Å². The number of allylic oxidation sites excluding steroid dienone is 1. The van der Waals surface area contributed by atoms with Crippen molar-refractivity contribution in [1.29, 1.82) is 0 Å². The summed E-state index contributed by atoms with van der Waals surface area (Å²) in [5.74, 6) is 4.01. The van der Waals surface area contributed by atoms with E-state index >= 15 is 0 Å². The number of hydrogen-bond donors (Lipinski definition) is 2. The van der Waals surface area contributed by atoms with Gasteiger partial charge in [0.15, 0.2) is 0 Å². The molecule has 0 bridgehead atoms. The van der Waals surface area contributed by atoms with Gasteiger partial charge in [0.2, 0.25) is 0 Å². The molecule has 0 aromatic rings. The molecule has 3 saturated carbocycles. The van der Waals surface area contributed by atoms with Crippen molar-refractivity contribution in [2.75, 3.05) is 13.2 Å². The third-order valence-corrected chi connectivity index (χ3v) is 12.2. The summed E-state index contributed by atoms with van der Waals surface area (Å²) < 4.78 is 5.49. The van der Waals surface area contributed by atoms with E-state index in [1.165, 1.54) is 38.5 Å². The van der Waals surface area contributed by atoms with Crippen LogP contribution < -0.4 is 0 Å². The second kappa shape index (κ2) is 8.63. The van der Waals surface area contributed by atoms with Gasteiger partial charge in [-0.25, -0.2) is 0 Å². The van der Waals surface area contributed by atoms with Gasteiger partial charge in [-0.05, 0) is 124 Å². The molecular formula is C30H50O3. The molecule has 0 amide bonds. The van der Waals surface area contributed by atoms with Gasteiger partial charge in [-0.1, -0.05) is 39.3 Å². The van der Waals surface area contributed by atoms with Gasteiger partial charge in [0.05, 0.1) is 11.2 Å². The lowest BCUT2D eigenvalue weighted by Crippen LogP contribution is -2.52. The Bertz CT molecular complexity index is 754. The van der Waals surface area contributed by atoms with Crippen LogP contribution in [0.15, 0.2) is 11.6 Å². The zero-order chi connectivity index (χ0) is 23.5. The Morgan fingerprint density at radius 2 is 1.73 bits per heavy atom. The van der Waals surface area contributed by atoms with E-state index in [-0.39, 0.29) is 0 Å². The minimum absolute atomic E-state index is 0.321. The Hall–Kier alpha value is -0.380. The minimum atomic E-state index is -0.483. The first kappa shape index (κ1) is 24.3. The van der Waals surface area contributed by atoms with E-state index in [1.807, 2.05) is 0 Å². The molecule has 8 atom stereocenters. The summed E-state index contributed by atoms with van der Waals surface area (Å²) in [4.78, 5) is 0. The number of hydrogen-bond acceptors (Lipinski definition) is 3. The number of ether oxygens (including phenoxy) is 1. The Labute approximate surface area is 202 Å². The molecule has 2 N–H and O–H groups in total. The van der Waals surface area contributed by atoms with Crippen molar-refractivity contribution >= 4 is 0 Å². The molecule has 33 heavy (non-hydrogen) atoms. The predicted molar refractivity (Wildman–Crippen MR) is 134 cm³/mol. The zero-order valence-corrected chi connectivity index (χ0v) is 21.9. The quantitative estimate of drug-likeness (QED) is 0.453. The van der Waals surface area contributed by atoms with E-state index in [9.17, 15) is 10.2 Å². The normalized spacial score (nSPS) is 47.8. The van der Waals surface area contributed by atoms with E-state index in [0.29, 0.717) is 16.7 Å². The second-order valence-corrected chi connectivity index (χ2v) is 13.6. The molecule has 0 aromatic carbocycles. The van der Waals surface area contributed by atoms with Crippen molar-refractivity contribution in [2.24, 2.45) is 40.4 Å². The maximum atomic E-state index is 11.0. The van der Waals surface area contributed by atoms with Crippen LogP contribution in [0.2, 0.25) is 0 Å². The Kier molecular flexibility index (Phi) is 6.36. The summed E-state index contributed by atoms with van der Waals surface area (Å²) >= 11 is 0. The van der Waals surface area contributed by atoms with Gasteiger partial charge in [-0.15, -0.1) is 0 Å². The number of rotatable bonds is 5. The van der Waals surface area contributed by atoms with E-state index < -0.39 is 11.2 Å². The van der Waals surface area contributed by atoms with Crippen molar-refractivity contribution in [2.45, 2.75) is 122 Å². The highest BCUT2D eigenvalue weighted by molar-refractivity contribution is 5.27. The standard InChI is InChI=1S/C30H50O3/c1-5-29(31)15-14-27(3)22(20-29)6-7-23-25-9-8-24(28(25,4)12-11-26(23)27)21(2)10-13-30(32)16-18-33-19-17-30/h6,21,23-26,31-32H,5,7-20H2,1-4H3/t21-,23+,24-,25+,26+,27+,28-,29+/m1/s1. The summed E-state index contributed by atoms with van der Waals surface area (Å²) in [5, 5.41) is 22.0. The van der Waals surface area contributed by atoms with Crippen LogP contribution in [0.25, 0.3) is 0 Å². The lowest BCUT2D eigenvalue weighted by molar-refractivity contribution is -0.0824. The first-order valence-electron chi connectivity index (χ1n) is 14.3. The third kappa shape index (κ3) is 4.06. The molecule has 5 rings (SSSR count). The lowest BCUT2D eigenvalue weighted by atomic mass is 9.46. The number of aliphatic hydroxyl groups is 2. The highest BCUT2D eigenvalue weighted by Crippen LogP contribution is 2.68. The van der Waals surface area contributed by atoms with E-state index in [0.717, 1.165) is 81.8 Å². The molecule has 1 heterocycles. The van der Waals surface area contributed by atoms with Gasteiger partial charge in [0.25, 0.3) is 0 Å². The number of fused-ring (bicyclic) bond motifs is 5. The summed E-state index contributed by atoms with van der Waals surface area (Å²) in [6.45, 7) is 11.3. The third-order valence-electron chi connectivity index (χ3n) is 12.2. The summed E-state index contributed by atoms with van der Waals surface area (Å²) in [7, 11) is 0. The van der Waals surface area contributed by atoms with E-state index in [2.05, 4.69) is 33.8 Å². The van der Waals surface area contributed by atoms with Gasteiger partial charge >= 0.3 is 0 Å². The molecule has 5 aliphatic rings. The average Bonchev–Trinajstić information content (AvgIpc) is 3.16. The summed E-state index contributed by atoms with van der Waals surface area (Å²) in [5.41, 5.74) is 1.45. The highest BCUT2D eigenvalue weighted by Gasteiger charge is 2.59. The van der Waals surface area contributed by atoms with Crippen molar-refractivity contribution < 1.29 is 14.9 Å². The van der Waals surface area contributed by atoms with Crippen LogP contribution in [0.3, 0.4) is 0 Å². The van der Waals surface area contributed by atoms with Crippen LogP contribution in [-0.4, -0.2) is 34.6 Å². The van der Waals surface area contributed by atoms with Crippen LogP contribution >= 0.6 is 0 Å². The first-order valence-corrected chi connectivity index (χ1v) is 14.3. The van der Waals surface area contributed by atoms with E-state index in [1.54, 1.807) is 5.57 Å². The maximum absolute atomic E-state index is 11.0. The van der Waals surface area contributed by atoms with Crippen LogP contribution in [-0.2, 0) is 4.74 Å². The lowest BCUT2D eigenvalue weighted by Gasteiger charge is -2.59. The van der Waals surface area contributed by atoms with Crippen molar-refractivity contribution in [3.63, 3.8) is 0 Å². The van der Waals surface area contributed by atoms with Gasteiger partial charge in [-0.2, -0.15) is 0 Å². The van der Waals surface area contributed by atoms with Gasteiger partial charge in [0, 0.05) is 13.2 Å². The molecule has 3 heteroatoms. The van der Waals surface area contributed by atoms with Crippen LogP contribution in [0, 0.1) is 40.4 Å². The molecule has 4 aliphatic carbocycles. The molecule has 0 radical (unpaired) electrons. The largest absolute Gasteiger partial charge is 0.390 e. The van der Waals surface area contributed by atoms with Gasteiger partial charge in [0.1, 0.15) is 0 Å². The molecule has 0 spiro atoms. The van der Waals surface area contributed by atoms with Gasteiger partial charge < -0.3 is 14.9 Å². The van der Waals surface area contributed by atoms with Crippen LogP contribution in [0.1, 0.15) is 111 Å². The molecule has 1 saturated heterocycles. The molecular weight excluding hydrogens is 408 g/mol. The summed E-state index contributed by atoms with van der Waals surface area (Å²) in [6.07, 6.45) is 17.1. The maximum Gasteiger partial charge on any atom is 0.0691 e. The SMILES string of the molecule is CC[C@]1(O)CC[C@@]2(C)C(=CC[C@H]3[C@@H]4CC[C@H]([C@H](C)CCC5(O)CCOCC5)[C@@]4(C)CC[C@@H]32)C1. The fourth-order valence-corrected chi connectivity index (χ4v) is 9.69. The predicted octanol–water partition coefficient (Wildman–Crippen LogP) is 6.66. The Balaban J connectivity index is 1.29. The second-order valence-electron chi connectivity index (χ2n) is 13.6. The monoisotopic (exact) mass is 458 g/mol. The first-order chi connectivity index (χ1) is 15.6. The molecule has 3 nitrogen and oxygen atoms in total. The molecule has 0 unspecified atom stereocenters. The fourth-order valence-electron chi connectivity index (χ4n) is 9.69. The van der Waals surface area contributed by atoms with Crippen molar-refractivity contribution in [1.82, 2.24) is 0 Å². The van der Waals surface area contributed by atoms with Gasteiger partial charge in [-0.3, -0.25) is 0 Å². The molecule has 188 valence electrons. The van der Waals surface area contributed by atoms with Crippen molar-refractivity contribution in [3.05, 3.63) is 11.6 Å².